The Kier molecular flexibility index (Phi) is 4.95. The normalized spacial score (nSPS) is 21.9. The van der Waals surface area contributed by atoms with Gasteiger partial charge >= 0.3 is 0 Å². The van der Waals surface area contributed by atoms with Crippen LogP contribution in [0.15, 0.2) is 5.38 Å². The molecule has 0 spiro atoms. The van der Waals surface area contributed by atoms with Gasteiger partial charge in [-0.15, -0.1) is 11.3 Å². The maximum absolute atomic E-state index is 12.6. The smallest absolute Gasteiger partial charge is 0.283 e. The molecule has 1 aromatic rings. The molecule has 116 valence electrons. The van der Waals surface area contributed by atoms with Gasteiger partial charge in [0.05, 0.1) is 5.69 Å². The lowest BCUT2D eigenvalue weighted by Gasteiger charge is -2.22. The zero-order valence-corrected chi connectivity index (χ0v) is 13.4. The van der Waals surface area contributed by atoms with Crippen molar-refractivity contribution in [3.8, 4) is 0 Å². The lowest BCUT2D eigenvalue weighted by molar-refractivity contribution is -0.124. The molecule has 2 atom stereocenters. The number of nitrogens with one attached hydrogen (secondary N) is 1. The van der Waals surface area contributed by atoms with Crippen LogP contribution in [-0.2, 0) is 4.79 Å². The number of aromatic nitrogens is 1. The molecule has 2 heterocycles. The average molecular weight is 310 g/mol. The average Bonchev–Trinajstić information content (AvgIpc) is 3.04. The quantitative estimate of drug-likeness (QED) is 0.866. The van der Waals surface area contributed by atoms with Gasteiger partial charge < -0.3 is 16.0 Å². The Morgan fingerprint density at radius 3 is 2.86 bits per heavy atom. The first-order valence-corrected chi connectivity index (χ1v) is 8.11. The number of nitrogens with two attached hydrogens (primary N) is 1. The van der Waals surface area contributed by atoms with E-state index in [2.05, 4.69) is 10.3 Å². The summed E-state index contributed by atoms with van der Waals surface area (Å²) in [5.41, 5.74) is 6.83. The maximum atomic E-state index is 12.6. The first-order chi connectivity index (χ1) is 9.93. The maximum Gasteiger partial charge on any atom is 0.283 e. The predicted molar refractivity (Wildman–Crippen MR) is 82.3 cm³/mol. The van der Waals surface area contributed by atoms with Crippen molar-refractivity contribution in [1.82, 2.24) is 15.2 Å². The molecule has 0 aromatic carbocycles. The van der Waals surface area contributed by atoms with Crippen LogP contribution >= 0.6 is 11.3 Å². The first kappa shape index (κ1) is 15.9. The molecule has 21 heavy (non-hydrogen) atoms. The number of amides is 2. The summed E-state index contributed by atoms with van der Waals surface area (Å²) in [5.74, 6) is -0.0571. The third-order valence-electron chi connectivity index (χ3n) is 3.54. The molecule has 0 saturated carbocycles. The third kappa shape index (κ3) is 3.41. The van der Waals surface area contributed by atoms with Crippen molar-refractivity contribution >= 4 is 23.2 Å². The van der Waals surface area contributed by atoms with Crippen molar-refractivity contribution in [2.24, 2.45) is 5.73 Å². The van der Waals surface area contributed by atoms with Crippen LogP contribution < -0.4 is 11.1 Å². The fourth-order valence-corrected chi connectivity index (χ4v) is 3.34. The van der Waals surface area contributed by atoms with E-state index in [1.807, 2.05) is 26.2 Å². The van der Waals surface area contributed by atoms with Gasteiger partial charge in [0.25, 0.3) is 5.91 Å². The van der Waals surface area contributed by atoms with Crippen molar-refractivity contribution < 1.29 is 9.59 Å². The Labute approximate surface area is 128 Å². The minimum Gasteiger partial charge on any atom is -0.355 e. The van der Waals surface area contributed by atoms with Crippen LogP contribution in [0.2, 0.25) is 0 Å². The van der Waals surface area contributed by atoms with E-state index in [1.165, 1.54) is 11.3 Å². The fraction of sp³-hybridized carbons (Fsp3) is 0.643. The molecule has 0 aliphatic carbocycles. The number of likely N-dealkylation sites (N-methyl/N-ethyl adjacent to an activating group) is 1. The van der Waals surface area contributed by atoms with E-state index in [-0.39, 0.29) is 23.8 Å². The van der Waals surface area contributed by atoms with Crippen LogP contribution in [0.4, 0.5) is 0 Å². The summed E-state index contributed by atoms with van der Waals surface area (Å²) in [5, 5.41) is 5.09. The molecule has 2 amide bonds. The molecule has 7 heteroatoms. The first-order valence-electron chi connectivity index (χ1n) is 7.23. The van der Waals surface area contributed by atoms with Crippen molar-refractivity contribution in [3.05, 3.63) is 16.1 Å². The second kappa shape index (κ2) is 6.53. The Balaban J connectivity index is 2.17. The Hall–Kier alpha value is -1.47. The zero-order chi connectivity index (χ0) is 15.6. The van der Waals surface area contributed by atoms with E-state index >= 15 is 0 Å². The SMILES string of the molecule is CCNC(=O)[C@@H]1C[C@@H](N)CN1C(=O)c1nc(C(C)C)cs1. The highest BCUT2D eigenvalue weighted by Crippen LogP contribution is 2.23. The lowest BCUT2D eigenvalue weighted by atomic mass is 10.1. The van der Waals surface area contributed by atoms with Crippen LogP contribution in [0.1, 0.15) is 48.6 Å². The highest BCUT2D eigenvalue weighted by atomic mass is 32.1. The van der Waals surface area contributed by atoms with Gasteiger partial charge in [-0.1, -0.05) is 13.8 Å². The van der Waals surface area contributed by atoms with E-state index in [9.17, 15) is 9.59 Å². The van der Waals surface area contributed by atoms with Gasteiger partial charge in [-0.25, -0.2) is 4.98 Å². The summed E-state index contributed by atoms with van der Waals surface area (Å²) in [4.78, 5) is 30.6. The lowest BCUT2D eigenvalue weighted by Crippen LogP contribution is -2.45. The minimum atomic E-state index is -0.487. The molecule has 1 aliphatic heterocycles. The van der Waals surface area contributed by atoms with E-state index in [1.54, 1.807) is 4.90 Å². The number of nitrogens with zero attached hydrogens (tertiary/aromatic N) is 2. The van der Waals surface area contributed by atoms with E-state index in [0.717, 1.165) is 5.69 Å². The highest BCUT2D eigenvalue weighted by Gasteiger charge is 2.39. The molecule has 1 saturated heterocycles. The molecule has 3 N–H and O–H groups in total. The van der Waals surface area contributed by atoms with Gasteiger partial charge in [0.15, 0.2) is 5.01 Å². The van der Waals surface area contributed by atoms with Gasteiger partial charge in [0.1, 0.15) is 6.04 Å². The molecule has 2 rings (SSSR count). The number of carbonyl (C=O) groups is 2. The summed E-state index contributed by atoms with van der Waals surface area (Å²) in [6.45, 7) is 6.87. The van der Waals surface area contributed by atoms with Gasteiger partial charge in [0.2, 0.25) is 5.91 Å². The molecule has 0 bridgehead atoms. The molecular formula is C14H22N4O2S. The molecule has 1 aromatic heterocycles. The van der Waals surface area contributed by atoms with Gasteiger partial charge in [-0.3, -0.25) is 9.59 Å². The van der Waals surface area contributed by atoms with Crippen LogP contribution in [0.25, 0.3) is 0 Å². The minimum absolute atomic E-state index is 0.139. The zero-order valence-electron chi connectivity index (χ0n) is 12.6. The number of rotatable bonds is 4. The number of thiazole rings is 1. The topological polar surface area (TPSA) is 88.3 Å². The van der Waals surface area contributed by atoms with Gasteiger partial charge in [-0.05, 0) is 19.3 Å². The summed E-state index contributed by atoms with van der Waals surface area (Å²) in [6.07, 6.45) is 0.500. The van der Waals surface area contributed by atoms with Crippen LogP contribution in [-0.4, -0.2) is 46.9 Å². The summed E-state index contributed by atoms with van der Waals surface area (Å²) in [6, 6.07) is -0.648. The number of hydrogen-bond donors (Lipinski definition) is 2. The molecular weight excluding hydrogens is 288 g/mol. The Morgan fingerprint density at radius 1 is 1.57 bits per heavy atom. The highest BCUT2D eigenvalue weighted by molar-refractivity contribution is 7.11. The van der Waals surface area contributed by atoms with Crippen LogP contribution in [0.3, 0.4) is 0 Å². The van der Waals surface area contributed by atoms with E-state index in [4.69, 9.17) is 5.73 Å². The van der Waals surface area contributed by atoms with E-state index < -0.39 is 6.04 Å². The predicted octanol–water partition coefficient (Wildman–Crippen LogP) is 0.944. The number of carbonyl (C=O) groups excluding carboxylic acids is 2. The molecule has 0 radical (unpaired) electrons. The molecule has 0 unspecified atom stereocenters. The number of likely N-dealkylation sites (tertiary alicyclic amines) is 1. The Bertz CT molecular complexity index is 529. The van der Waals surface area contributed by atoms with Gasteiger partial charge in [0, 0.05) is 24.5 Å². The number of hydrogen-bond acceptors (Lipinski definition) is 5. The standard InChI is InChI=1S/C14H22N4O2S/c1-4-16-12(19)11-5-9(15)6-18(11)14(20)13-17-10(7-21-13)8(2)3/h7-9,11H,4-6,15H2,1-3H3,(H,16,19)/t9-,11+/m1/s1. The summed E-state index contributed by atoms with van der Waals surface area (Å²) < 4.78 is 0. The summed E-state index contributed by atoms with van der Waals surface area (Å²) >= 11 is 1.33. The fourth-order valence-electron chi connectivity index (χ4n) is 2.41. The van der Waals surface area contributed by atoms with Crippen molar-refractivity contribution in [2.75, 3.05) is 13.1 Å². The Morgan fingerprint density at radius 2 is 2.29 bits per heavy atom. The second-order valence-corrected chi connectivity index (χ2v) is 6.45. The van der Waals surface area contributed by atoms with Crippen molar-refractivity contribution in [2.45, 2.75) is 45.2 Å². The second-order valence-electron chi connectivity index (χ2n) is 5.60. The third-order valence-corrected chi connectivity index (χ3v) is 4.39. The molecule has 1 aliphatic rings. The van der Waals surface area contributed by atoms with Gasteiger partial charge in [-0.2, -0.15) is 0 Å². The van der Waals surface area contributed by atoms with Crippen LogP contribution in [0.5, 0.6) is 0 Å². The molecule has 1 fully saturated rings. The summed E-state index contributed by atoms with van der Waals surface area (Å²) in [7, 11) is 0. The monoisotopic (exact) mass is 310 g/mol. The molecule has 6 nitrogen and oxygen atoms in total. The van der Waals surface area contributed by atoms with E-state index in [0.29, 0.717) is 24.5 Å². The van der Waals surface area contributed by atoms with Crippen molar-refractivity contribution in [1.29, 1.82) is 0 Å². The van der Waals surface area contributed by atoms with Crippen molar-refractivity contribution in [3.63, 3.8) is 0 Å². The largest absolute Gasteiger partial charge is 0.355 e. The van der Waals surface area contributed by atoms with Crippen LogP contribution in [0, 0.1) is 0 Å².